The number of nitrogens with zero attached hydrogens (tertiary/aromatic N) is 2. The molecule has 80 valence electrons. The van der Waals surface area contributed by atoms with Gasteiger partial charge in [0.1, 0.15) is 10.3 Å². The average Bonchev–Trinajstić information content (AvgIpc) is 2.50. The van der Waals surface area contributed by atoms with Gasteiger partial charge in [0.25, 0.3) is 0 Å². The minimum absolute atomic E-state index is 0.194. The van der Waals surface area contributed by atoms with E-state index in [0.717, 1.165) is 18.5 Å². The highest BCUT2D eigenvalue weighted by molar-refractivity contribution is 6.32. The maximum atomic E-state index is 11.4. The molecule has 0 spiro atoms. The Morgan fingerprint density at radius 2 is 2.00 bits per heavy atom. The Morgan fingerprint density at radius 3 is 2.53 bits per heavy atom. The van der Waals surface area contributed by atoms with Gasteiger partial charge >= 0.3 is 0 Å². The van der Waals surface area contributed by atoms with Gasteiger partial charge in [-0.15, -0.1) is 0 Å². The van der Waals surface area contributed by atoms with Gasteiger partial charge in [0.2, 0.25) is 5.91 Å². The van der Waals surface area contributed by atoms with Gasteiger partial charge < -0.3 is 4.90 Å². The predicted molar refractivity (Wildman–Crippen MR) is 58.9 cm³/mol. The molecule has 0 aromatic carbocycles. The molecule has 0 radical (unpaired) electrons. The summed E-state index contributed by atoms with van der Waals surface area (Å²) in [5.41, 5.74) is 0.926. The van der Waals surface area contributed by atoms with E-state index in [-0.39, 0.29) is 5.91 Å². The van der Waals surface area contributed by atoms with Crippen LogP contribution in [0, 0.1) is 0 Å². The summed E-state index contributed by atoms with van der Waals surface area (Å²) in [6.07, 6.45) is 1.58. The fraction of sp³-hybridized carbons (Fsp3) is 0.400. The Bertz CT molecular complexity index is 375. The molecule has 1 fully saturated rings. The molecule has 1 aromatic rings. The summed E-state index contributed by atoms with van der Waals surface area (Å²) in [4.78, 5) is 17.1. The number of amides is 1. The van der Waals surface area contributed by atoms with E-state index < -0.39 is 0 Å². The second-order valence-electron chi connectivity index (χ2n) is 3.54. The second-order valence-corrected chi connectivity index (χ2v) is 4.31. The quantitative estimate of drug-likeness (QED) is 0.750. The number of aromatic nitrogens is 1. The Balaban J connectivity index is 2.13. The number of rotatable bonds is 2. The van der Waals surface area contributed by atoms with Crippen molar-refractivity contribution in [3.05, 3.63) is 28.0 Å². The van der Waals surface area contributed by atoms with Crippen molar-refractivity contribution in [1.82, 2.24) is 9.88 Å². The van der Waals surface area contributed by atoms with Gasteiger partial charge in [-0.2, -0.15) is 0 Å². The van der Waals surface area contributed by atoms with Crippen molar-refractivity contribution in [3.8, 4) is 0 Å². The lowest BCUT2D eigenvalue weighted by Crippen LogP contribution is -2.23. The molecule has 0 N–H and O–H groups in total. The van der Waals surface area contributed by atoms with E-state index in [1.54, 1.807) is 12.1 Å². The summed E-state index contributed by atoms with van der Waals surface area (Å²) in [6.45, 7) is 1.39. The first kappa shape index (κ1) is 10.7. The van der Waals surface area contributed by atoms with Gasteiger partial charge in [0.15, 0.2) is 0 Å². The van der Waals surface area contributed by atoms with E-state index >= 15 is 0 Å². The van der Waals surface area contributed by atoms with Crippen LogP contribution in [0.2, 0.25) is 10.3 Å². The molecule has 15 heavy (non-hydrogen) atoms. The number of hydrogen-bond donors (Lipinski definition) is 0. The third kappa shape index (κ3) is 2.61. The first-order chi connectivity index (χ1) is 7.15. The van der Waals surface area contributed by atoms with Crippen molar-refractivity contribution < 1.29 is 4.79 Å². The topological polar surface area (TPSA) is 33.2 Å². The normalized spacial score (nSPS) is 16.1. The average molecular weight is 245 g/mol. The Hall–Kier alpha value is -0.800. The summed E-state index contributed by atoms with van der Waals surface area (Å²) in [5.74, 6) is 0.194. The van der Waals surface area contributed by atoms with Crippen LogP contribution in [-0.4, -0.2) is 22.3 Å². The van der Waals surface area contributed by atoms with Crippen LogP contribution < -0.4 is 0 Å². The Morgan fingerprint density at radius 1 is 1.33 bits per heavy atom. The van der Waals surface area contributed by atoms with Crippen molar-refractivity contribution in [2.24, 2.45) is 0 Å². The highest BCUT2D eigenvalue weighted by atomic mass is 35.5. The van der Waals surface area contributed by atoms with Gasteiger partial charge in [-0.25, -0.2) is 4.98 Å². The maximum absolute atomic E-state index is 11.4. The van der Waals surface area contributed by atoms with Crippen LogP contribution >= 0.6 is 23.2 Å². The predicted octanol–water partition coefficient (Wildman–Crippen LogP) is 2.51. The van der Waals surface area contributed by atoms with Gasteiger partial charge in [-0.05, 0) is 24.1 Å². The lowest BCUT2D eigenvalue weighted by molar-refractivity contribution is -0.128. The fourth-order valence-electron chi connectivity index (χ4n) is 1.70. The number of carbonyl (C=O) groups excluding carboxylic acids is 1. The molecule has 3 nitrogen and oxygen atoms in total. The molecule has 1 amide bonds. The molecule has 0 atom stereocenters. The van der Waals surface area contributed by atoms with Crippen LogP contribution in [0.4, 0.5) is 0 Å². The molecule has 0 aliphatic carbocycles. The van der Waals surface area contributed by atoms with Crippen LogP contribution in [0.25, 0.3) is 0 Å². The van der Waals surface area contributed by atoms with E-state index in [2.05, 4.69) is 4.98 Å². The molecule has 5 heteroatoms. The van der Waals surface area contributed by atoms with E-state index in [0.29, 0.717) is 23.3 Å². The van der Waals surface area contributed by atoms with Crippen molar-refractivity contribution >= 4 is 29.1 Å². The minimum atomic E-state index is 0.194. The first-order valence-electron chi connectivity index (χ1n) is 4.75. The highest BCUT2D eigenvalue weighted by Crippen LogP contribution is 2.19. The van der Waals surface area contributed by atoms with Gasteiger partial charge in [-0.3, -0.25) is 4.79 Å². The van der Waals surface area contributed by atoms with Crippen LogP contribution in [0.15, 0.2) is 12.1 Å². The lowest BCUT2D eigenvalue weighted by atomic mass is 10.2. The zero-order valence-corrected chi connectivity index (χ0v) is 9.55. The van der Waals surface area contributed by atoms with Crippen LogP contribution in [-0.2, 0) is 11.3 Å². The smallest absolute Gasteiger partial charge is 0.222 e. The molecule has 0 saturated carbocycles. The molecular weight excluding hydrogens is 235 g/mol. The zero-order chi connectivity index (χ0) is 10.8. The Kier molecular flexibility index (Phi) is 3.12. The van der Waals surface area contributed by atoms with Crippen LogP contribution in [0.1, 0.15) is 18.4 Å². The van der Waals surface area contributed by atoms with E-state index in [1.807, 2.05) is 4.90 Å². The summed E-state index contributed by atoms with van der Waals surface area (Å²) >= 11 is 11.5. The van der Waals surface area contributed by atoms with E-state index in [4.69, 9.17) is 23.2 Å². The number of pyridine rings is 1. The molecular formula is C10H10Cl2N2O. The first-order valence-corrected chi connectivity index (χ1v) is 5.50. The van der Waals surface area contributed by atoms with E-state index in [9.17, 15) is 4.79 Å². The SMILES string of the molecule is O=C1CCCN1Cc1cc(Cl)nc(Cl)c1. The number of halogens is 2. The summed E-state index contributed by atoms with van der Waals surface area (Å²) in [6, 6.07) is 3.47. The Labute approximate surface area is 98.0 Å². The second kappa shape index (κ2) is 4.37. The largest absolute Gasteiger partial charge is 0.338 e. The van der Waals surface area contributed by atoms with Crippen molar-refractivity contribution in [1.29, 1.82) is 0 Å². The number of likely N-dealkylation sites (tertiary alicyclic amines) is 1. The summed E-state index contributed by atoms with van der Waals surface area (Å²) in [5, 5.41) is 0.730. The molecule has 1 aromatic heterocycles. The molecule has 2 heterocycles. The van der Waals surface area contributed by atoms with Gasteiger partial charge in [0, 0.05) is 19.5 Å². The van der Waals surface area contributed by atoms with E-state index in [1.165, 1.54) is 0 Å². The van der Waals surface area contributed by atoms with Gasteiger partial charge in [0.05, 0.1) is 0 Å². The number of carbonyl (C=O) groups is 1. The number of hydrogen-bond acceptors (Lipinski definition) is 2. The summed E-state index contributed by atoms with van der Waals surface area (Å²) < 4.78 is 0. The van der Waals surface area contributed by atoms with Crippen molar-refractivity contribution in [3.63, 3.8) is 0 Å². The zero-order valence-electron chi connectivity index (χ0n) is 8.04. The van der Waals surface area contributed by atoms with Crippen molar-refractivity contribution in [2.75, 3.05) is 6.54 Å². The van der Waals surface area contributed by atoms with Crippen LogP contribution in [0.3, 0.4) is 0 Å². The molecule has 1 aliphatic rings. The molecule has 0 unspecified atom stereocenters. The third-order valence-corrected chi connectivity index (χ3v) is 2.75. The molecule has 1 aliphatic heterocycles. The molecule has 0 bridgehead atoms. The fourth-order valence-corrected chi connectivity index (χ4v) is 2.20. The van der Waals surface area contributed by atoms with Gasteiger partial charge in [-0.1, -0.05) is 23.2 Å². The standard InChI is InChI=1S/C10H10Cl2N2O/c11-8-4-7(5-9(12)13-8)6-14-3-1-2-10(14)15/h4-5H,1-3,6H2. The minimum Gasteiger partial charge on any atom is -0.338 e. The lowest BCUT2D eigenvalue weighted by Gasteiger charge is -2.15. The molecule has 1 saturated heterocycles. The maximum Gasteiger partial charge on any atom is 0.222 e. The monoisotopic (exact) mass is 244 g/mol. The molecule has 2 rings (SSSR count). The third-order valence-electron chi connectivity index (χ3n) is 2.37. The highest BCUT2D eigenvalue weighted by Gasteiger charge is 2.20. The summed E-state index contributed by atoms with van der Waals surface area (Å²) in [7, 11) is 0. The van der Waals surface area contributed by atoms with Crippen molar-refractivity contribution in [2.45, 2.75) is 19.4 Å². The van der Waals surface area contributed by atoms with Crippen LogP contribution in [0.5, 0.6) is 0 Å².